The average Bonchev–Trinajstić information content (AvgIpc) is 2.39. The SMILES string of the molecule is CC(C)(C)c1n[nH]c(=S)n(/N=C\c2ccc(O)cc2)c1=O. The molecule has 6 nitrogen and oxygen atoms in total. The van der Waals surface area contributed by atoms with Crippen LogP contribution in [0.5, 0.6) is 5.75 Å². The first-order valence-corrected chi connectivity index (χ1v) is 6.75. The van der Waals surface area contributed by atoms with Gasteiger partial charge in [0, 0.05) is 5.41 Å². The van der Waals surface area contributed by atoms with Gasteiger partial charge in [0.25, 0.3) is 5.56 Å². The van der Waals surface area contributed by atoms with Crippen molar-refractivity contribution in [3.8, 4) is 5.75 Å². The molecule has 1 aromatic heterocycles. The number of nitrogens with one attached hydrogen (secondary N) is 1. The molecule has 0 saturated carbocycles. The van der Waals surface area contributed by atoms with E-state index in [2.05, 4.69) is 15.3 Å². The first-order chi connectivity index (χ1) is 9.79. The second-order valence-electron chi connectivity index (χ2n) is 5.58. The molecule has 2 N–H and O–H groups in total. The number of phenols is 1. The van der Waals surface area contributed by atoms with Crippen molar-refractivity contribution < 1.29 is 5.11 Å². The number of aromatic hydroxyl groups is 1. The van der Waals surface area contributed by atoms with Crippen molar-refractivity contribution in [2.75, 3.05) is 0 Å². The molecule has 0 aliphatic rings. The molecule has 0 fully saturated rings. The summed E-state index contributed by atoms with van der Waals surface area (Å²) in [6, 6.07) is 6.45. The zero-order valence-corrected chi connectivity index (χ0v) is 12.8. The van der Waals surface area contributed by atoms with Gasteiger partial charge in [0.1, 0.15) is 11.4 Å². The van der Waals surface area contributed by atoms with Crippen LogP contribution >= 0.6 is 12.2 Å². The molecule has 0 spiro atoms. The zero-order chi connectivity index (χ0) is 15.6. The minimum absolute atomic E-state index is 0.128. The Morgan fingerprint density at radius 3 is 2.52 bits per heavy atom. The molecule has 110 valence electrons. The molecular weight excluding hydrogens is 288 g/mol. The van der Waals surface area contributed by atoms with E-state index in [9.17, 15) is 9.90 Å². The number of H-pyrrole nitrogens is 1. The van der Waals surface area contributed by atoms with Gasteiger partial charge in [0.2, 0.25) is 4.77 Å². The first-order valence-electron chi connectivity index (χ1n) is 6.34. The van der Waals surface area contributed by atoms with Gasteiger partial charge in [-0.1, -0.05) is 20.8 Å². The molecule has 0 saturated heterocycles. The Hall–Kier alpha value is -2.28. The highest BCUT2D eigenvalue weighted by molar-refractivity contribution is 7.71. The monoisotopic (exact) mass is 304 g/mol. The molecule has 0 aliphatic heterocycles. The fourth-order valence-electron chi connectivity index (χ4n) is 1.67. The van der Waals surface area contributed by atoms with E-state index in [4.69, 9.17) is 12.2 Å². The summed E-state index contributed by atoms with van der Waals surface area (Å²) in [4.78, 5) is 12.4. The standard InChI is InChI=1S/C14H16N4O2S/c1-14(2,3)11-12(20)18(13(21)17-16-11)15-8-9-4-6-10(19)7-5-9/h4-8,19H,1-3H3,(H,17,21)/b15-8-. The summed E-state index contributed by atoms with van der Waals surface area (Å²) >= 11 is 5.05. The van der Waals surface area contributed by atoms with Crippen molar-refractivity contribution in [1.82, 2.24) is 14.9 Å². The second kappa shape index (κ2) is 5.61. The molecule has 0 unspecified atom stereocenters. The van der Waals surface area contributed by atoms with Crippen LogP contribution in [0.2, 0.25) is 0 Å². The molecular formula is C14H16N4O2S. The van der Waals surface area contributed by atoms with E-state index in [0.29, 0.717) is 5.69 Å². The molecule has 1 heterocycles. The number of nitrogens with zero attached hydrogens (tertiary/aromatic N) is 3. The average molecular weight is 304 g/mol. The van der Waals surface area contributed by atoms with Crippen LogP contribution in [0, 0.1) is 4.77 Å². The van der Waals surface area contributed by atoms with E-state index in [1.54, 1.807) is 12.1 Å². The normalized spacial score (nSPS) is 12.0. The van der Waals surface area contributed by atoms with E-state index >= 15 is 0 Å². The molecule has 1 aromatic carbocycles. The van der Waals surface area contributed by atoms with Crippen LogP contribution in [0.4, 0.5) is 0 Å². The van der Waals surface area contributed by atoms with E-state index in [-0.39, 0.29) is 16.1 Å². The van der Waals surface area contributed by atoms with E-state index < -0.39 is 5.41 Å². The summed E-state index contributed by atoms with van der Waals surface area (Å²) in [5, 5.41) is 20.0. The van der Waals surface area contributed by atoms with Gasteiger partial charge in [-0.25, -0.2) is 0 Å². The summed E-state index contributed by atoms with van der Waals surface area (Å²) in [6.45, 7) is 5.67. The number of benzene rings is 1. The quantitative estimate of drug-likeness (QED) is 0.658. The van der Waals surface area contributed by atoms with Crippen molar-refractivity contribution in [3.05, 3.63) is 50.6 Å². The lowest BCUT2D eigenvalue weighted by Crippen LogP contribution is -2.32. The van der Waals surface area contributed by atoms with Crippen molar-refractivity contribution >= 4 is 18.4 Å². The van der Waals surface area contributed by atoms with Crippen molar-refractivity contribution in [1.29, 1.82) is 0 Å². The van der Waals surface area contributed by atoms with Gasteiger partial charge in [0.05, 0.1) is 6.21 Å². The largest absolute Gasteiger partial charge is 0.508 e. The topological polar surface area (TPSA) is 83.3 Å². The molecule has 7 heteroatoms. The van der Waals surface area contributed by atoms with Gasteiger partial charge in [-0.2, -0.15) is 14.9 Å². The summed E-state index contributed by atoms with van der Waals surface area (Å²) in [6.07, 6.45) is 1.50. The third-order valence-corrected chi connectivity index (χ3v) is 3.04. The third-order valence-electron chi connectivity index (χ3n) is 2.78. The Labute approximate surface area is 126 Å². The lowest BCUT2D eigenvalue weighted by molar-refractivity contribution is 0.475. The predicted molar refractivity (Wildman–Crippen MR) is 83.5 cm³/mol. The molecule has 2 aromatic rings. The van der Waals surface area contributed by atoms with Gasteiger partial charge in [0.15, 0.2) is 0 Å². The maximum Gasteiger partial charge on any atom is 0.297 e. The maximum absolute atomic E-state index is 12.4. The fraction of sp³-hybridized carbons (Fsp3) is 0.286. The van der Waals surface area contributed by atoms with Gasteiger partial charge >= 0.3 is 0 Å². The molecule has 0 aliphatic carbocycles. The molecule has 21 heavy (non-hydrogen) atoms. The molecule has 0 amide bonds. The highest BCUT2D eigenvalue weighted by Gasteiger charge is 2.21. The molecule has 0 radical (unpaired) electrons. The van der Waals surface area contributed by atoms with Gasteiger partial charge in [-0.15, -0.1) is 0 Å². The molecule has 2 rings (SSSR count). The smallest absolute Gasteiger partial charge is 0.297 e. The predicted octanol–water partition coefficient (Wildman–Crippen LogP) is 2.19. The molecule has 0 bridgehead atoms. The van der Waals surface area contributed by atoms with Crippen LogP contribution in [-0.2, 0) is 5.41 Å². The lowest BCUT2D eigenvalue weighted by atomic mass is 9.93. The molecule has 0 atom stereocenters. The van der Waals surface area contributed by atoms with Gasteiger partial charge < -0.3 is 5.11 Å². The number of aromatic amines is 1. The second-order valence-corrected chi connectivity index (χ2v) is 5.97. The first kappa shape index (κ1) is 15.1. The van der Waals surface area contributed by atoms with Gasteiger partial charge in [-0.3, -0.25) is 9.89 Å². The van der Waals surface area contributed by atoms with Crippen molar-refractivity contribution in [2.24, 2.45) is 5.10 Å². The highest BCUT2D eigenvalue weighted by Crippen LogP contribution is 2.15. The lowest BCUT2D eigenvalue weighted by Gasteiger charge is -2.16. The van der Waals surface area contributed by atoms with E-state index in [1.807, 2.05) is 20.8 Å². The van der Waals surface area contributed by atoms with Crippen molar-refractivity contribution in [2.45, 2.75) is 26.2 Å². The zero-order valence-electron chi connectivity index (χ0n) is 12.0. The van der Waals surface area contributed by atoms with Crippen LogP contribution in [0.25, 0.3) is 0 Å². The van der Waals surface area contributed by atoms with Crippen LogP contribution in [-0.4, -0.2) is 26.2 Å². The highest BCUT2D eigenvalue weighted by atomic mass is 32.1. The summed E-state index contributed by atoms with van der Waals surface area (Å²) in [7, 11) is 0. The van der Waals surface area contributed by atoms with E-state index in [0.717, 1.165) is 10.2 Å². The number of rotatable bonds is 2. The Morgan fingerprint density at radius 1 is 1.33 bits per heavy atom. The third kappa shape index (κ3) is 3.43. The maximum atomic E-state index is 12.4. The van der Waals surface area contributed by atoms with Crippen LogP contribution < -0.4 is 5.56 Å². The van der Waals surface area contributed by atoms with Crippen molar-refractivity contribution in [3.63, 3.8) is 0 Å². The van der Waals surface area contributed by atoms with Crippen LogP contribution in [0.3, 0.4) is 0 Å². The van der Waals surface area contributed by atoms with Gasteiger partial charge in [-0.05, 0) is 42.0 Å². The Morgan fingerprint density at radius 2 is 1.95 bits per heavy atom. The van der Waals surface area contributed by atoms with E-state index in [1.165, 1.54) is 18.3 Å². The number of hydrogen-bond acceptors (Lipinski definition) is 5. The minimum atomic E-state index is -0.410. The Bertz CT molecular complexity index is 782. The summed E-state index contributed by atoms with van der Waals surface area (Å²) in [5.74, 6) is 0.167. The van der Waals surface area contributed by atoms with Crippen LogP contribution in [0.15, 0.2) is 34.2 Å². The number of aromatic nitrogens is 3. The van der Waals surface area contributed by atoms with Crippen LogP contribution in [0.1, 0.15) is 32.0 Å². The Kier molecular flexibility index (Phi) is 4.04. The number of hydrogen-bond donors (Lipinski definition) is 2. The number of phenolic OH excluding ortho intramolecular Hbond substituents is 1. The minimum Gasteiger partial charge on any atom is -0.508 e. The summed E-state index contributed by atoms with van der Waals surface area (Å²) in [5.41, 5.74) is 0.343. The Balaban J connectivity index is 2.47. The fourth-order valence-corrected chi connectivity index (χ4v) is 1.85. The summed E-state index contributed by atoms with van der Waals surface area (Å²) < 4.78 is 1.23.